The maximum atomic E-state index is 13.5. The maximum absolute atomic E-state index is 13.5. The van der Waals surface area contributed by atoms with Gasteiger partial charge in [-0.15, -0.1) is 0 Å². The van der Waals surface area contributed by atoms with Gasteiger partial charge in [-0.25, -0.2) is 9.07 Å². The lowest BCUT2D eigenvalue weighted by molar-refractivity contribution is -0.127. The van der Waals surface area contributed by atoms with Crippen LogP contribution in [0.2, 0.25) is 0 Å². The van der Waals surface area contributed by atoms with Gasteiger partial charge in [0.05, 0.1) is 5.52 Å². The normalized spacial score (nSPS) is 14.3. The molecule has 1 fully saturated rings. The smallest absolute Gasteiger partial charge is 0.291 e. The first-order valence-electron chi connectivity index (χ1n) is 9.67. The van der Waals surface area contributed by atoms with Crippen molar-refractivity contribution in [2.75, 3.05) is 19.6 Å². The number of benzene rings is 1. The number of rotatable bonds is 6. The molecule has 0 bridgehead atoms. The molecule has 0 spiro atoms. The van der Waals surface area contributed by atoms with E-state index < -0.39 is 5.56 Å². The van der Waals surface area contributed by atoms with Gasteiger partial charge < -0.3 is 10.2 Å². The van der Waals surface area contributed by atoms with Gasteiger partial charge in [0.25, 0.3) is 5.56 Å². The van der Waals surface area contributed by atoms with Crippen molar-refractivity contribution >= 4 is 28.2 Å². The van der Waals surface area contributed by atoms with Gasteiger partial charge in [-0.1, -0.05) is 0 Å². The van der Waals surface area contributed by atoms with Gasteiger partial charge in [0.1, 0.15) is 23.7 Å². The van der Waals surface area contributed by atoms with Crippen molar-refractivity contribution in [3.05, 3.63) is 46.3 Å². The highest BCUT2D eigenvalue weighted by atomic mass is 19.1. The molecule has 0 radical (unpaired) electrons. The summed E-state index contributed by atoms with van der Waals surface area (Å²) < 4.78 is 16.3. The van der Waals surface area contributed by atoms with Crippen molar-refractivity contribution in [2.45, 2.75) is 32.7 Å². The molecule has 2 amide bonds. The standard InChI is InChI=1S/C20H22FN5O3/c1-13-23-25(12-18(27)22-7-3-9-24-8-2-4-19(24)28)20(29)17-11-14-10-15(21)5-6-16(14)26(13)17/h5-6,10-11H,2-4,7-9,12H2,1H3,(H,22,27). The van der Waals surface area contributed by atoms with E-state index in [0.29, 0.717) is 48.2 Å². The lowest BCUT2D eigenvalue weighted by Gasteiger charge is -2.15. The molecule has 1 aliphatic heterocycles. The predicted molar refractivity (Wildman–Crippen MR) is 105 cm³/mol. The van der Waals surface area contributed by atoms with Crippen LogP contribution in [0.15, 0.2) is 29.1 Å². The maximum Gasteiger partial charge on any atom is 0.291 e. The van der Waals surface area contributed by atoms with Crippen LogP contribution in [-0.2, 0) is 16.1 Å². The fourth-order valence-electron chi connectivity index (χ4n) is 3.83. The molecule has 0 unspecified atom stereocenters. The van der Waals surface area contributed by atoms with E-state index in [4.69, 9.17) is 0 Å². The number of likely N-dealkylation sites (tertiary alicyclic amines) is 1. The van der Waals surface area contributed by atoms with Gasteiger partial charge >= 0.3 is 0 Å². The first kappa shape index (κ1) is 19.1. The molecule has 152 valence electrons. The largest absolute Gasteiger partial charge is 0.354 e. The van der Waals surface area contributed by atoms with Crippen LogP contribution >= 0.6 is 0 Å². The first-order chi connectivity index (χ1) is 13.9. The number of hydrogen-bond donors (Lipinski definition) is 1. The molecule has 0 atom stereocenters. The Balaban J connectivity index is 1.45. The minimum absolute atomic E-state index is 0.162. The third-order valence-electron chi connectivity index (χ3n) is 5.20. The number of fused-ring (bicyclic) bond motifs is 3. The summed E-state index contributed by atoms with van der Waals surface area (Å²) in [5.41, 5.74) is 0.625. The number of aromatic nitrogens is 3. The Kier molecular flexibility index (Phi) is 5.04. The van der Waals surface area contributed by atoms with Crippen molar-refractivity contribution in [3.8, 4) is 0 Å². The molecule has 29 heavy (non-hydrogen) atoms. The summed E-state index contributed by atoms with van der Waals surface area (Å²) in [6.45, 7) is 3.36. The highest BCUT2D eigenvalue weighted by Gasteiger charge is 2.19. The molecule has 1 aliphatic rings. The Morgan fingerprint density at radius 2 is 2.07 bits per heavy atom. The Labute approximate surface area is 165 Å². The molecule has 0 saturated carbocycles. The number of halogens is 1. The number of aryl methyl sites for hydroxylation is 1. The quantitative estimate of drug-likeness (QED) is 0.632. The number of hydrogen-bond acceptors (Lipinski definition) is 4. The van der Waals surface area contributed by atoms with Gasteiger partial charge in [-0.2, -0.15) is 5.10 Å². The summed E-state index contributed by atoms with van der Waals surface area (Å²) >= 11 is 0. The number of carbonyl (C=O) groups excluding carboxylic acids is 2. The van der Waals surface area contributed by atoms with Crippen molar-refractivity contribution in [3.63, 3.8) is 0 Å². The van der Waals surface area contributed by atoms with Gasteiger partial charge in [0, 0.05) is 31.4 Å². The van der Waals surface area contributed by atoms with E-state index in [9.17, 15) is 18.8 Å². The summed E-state index contributed by atoms with van der Waals surface area (Å²) in [6.07, 6.45) is 2.15. The van der Waals surface area contributed by atoms with E-state index in [0.717, 1.165) is 17.6 Å². The summed E-state index contributed by atoms with van der Waals surface area (Å²) in [6, 6.07) is 5.91. The molecule has 1 aromatic carbocycles. The molecule has 2 aromatic heterocycles. The number of nitrogens with one attached hydrogen (secondary N) is 1. The fraction of sp³-hybridized carbons (Fsp3) is 0.400. The molecule has 8 nitrogen and oxygen atoms in total. The predicted octanol–water partition coefficient (Wildman–Crippen LogP) is 1.23. The monoisotopic (exact) mass is 399 g/mol. The second kappa shape index (κ2) is 7.65. The second-order valence-electron chi connectivity index (χ2n) is 7.27. The molecule has 1 saturated heterocycles. The van der Waals surface area contributed by atoms with Gasteiger partial charge in [-0.05, 0) is 44.0 Å². The molecular weight excluding hydrogens is 377 g/mol. The molecule has 4 rings (SSSR count). The number of carbonyl (C=O) groups is 2. The van der Waals surface area contributed by atoms with Crippen LogP contribution in [0.5, 0.6) is 0 Å². The van der Waals surface area contributed by atoms with Crippen LogP contribution in [0.25, 0.3) is 16.4 Å². The zero-order chi connectivity index (χ0) is 20.5. The van der Waals surface area contributed by atoms with Crippen molar-refractivity contribution in [1.82, 2.24) is 24.4 Å². The zero-order valence-corrected chi connectivity index (χ0v) is 16.2. The van der Waals surface area contributed by atoms with E-state index in [2.05, 4.69) is 10.4 Å². The SMILES string of the molecule is Cc1nn(CC(=O)NCCCN2CCCC2=O)c(=O)c2cc3cc(F)ccc3n12. The first-order valence-corrected chi connectivity index (χ1v) is 9.67. The average molecular weight is 399 g/mol. The van der Waals surface area contributed by atoms with Gasteiger partial charge in [0.15, 0.2) is 0 Å². The third kappa shape index (κ3) is 3.72. The number of amides is 2. The fourth-order valence-corrected chi connectivity index (χ4v) is 3.83. The van der Waals surface area contributed by atoms with Crippen molar-refractivity contribution in [1.29, 1.82) is 0 Å². The highest BCUT2D eigenvalue weighted by Crippen LogP contribution is 2.20. The van der Waals surface area contributed by atoms with E-state index in [1.165, 1.54) is 12.1 Å². The minimum Gasteiger partial charge on any atom is -0.354 e. The minimum atomic E-state index is -0.412. The molecule has 3 aromatic rings. The number of nitrogens with zero attached hydrogens (tertiary/aromatic N) is 4. The van der Waals surface area contributed by atoms with Crippen LogP contribution in [0.3, 0.4) is 0 Å². The van der Waals surface area contributed by atoms with E-state index >= 15 is 0 Å². The van der Waals surface area contributed by atoms with E-state index in [1.54, 1.807) is 28.4 Å². The third-order valence-corrected chi connectivity index (χ3v) is 5.20. The summed E-state index contributed by atoms with van der Waals surface area (Å²) in [5.74, 6) is -0.00974. The highest BCUT2D eigenvalue weighted by molar-refractivity contribution is 5.87. The Hall–Kier alpha value is -3.23. The lowest BCUT2D eigenvalue weighted by Crippen LogP contribution is -2.36. The van der Waals surface area contributed by atoms with Crippen molar-refractivity contribution < 1.29 is 14.0 Å². The Bertz CT molecular complexity index is 1170. The zero-order valence-electron chi connectivity index (χ0n) is 16.2. The lowest BCUT2D eigenvalue weighted by atomic mass is 10.2. The topological polar surface area (TPSA) is 88.7 Å². The Morgan fingerprint density at radius 1 is 1.24 bits per heavy atom. The molecule has 1 N–H and O–H groups in total. The van der Waals surface area contributed by atoms with Crippen LogP contribution in [-0.4, -0.2) is 50.5 Å². The molecule has 3 heterocycles. The Morgan fingerprint density at radius 3 is 2.83 bits per heavy atom. The van der Waals surface area contributed by atoms with Crippen LogP contribution in [0.1, 0.15) is 25.1 Å². The van der Waals surface area contributed by atoms with Gasteiger partial charge in [-0.3, -0.25) is 18.8 Å². The molecular formula is C20H22FN5O3. The van der Waals surface area contributed by atoms with Gasteiger partial charge in [0.2, 0.25) is 11.8 Å². The molecule has 0 aliphatic carbocycles. The summed E-state index contributed by atoms with van der Waals surface area (Å²) in [4.78, 5) is 38.4. The second-order valence-corrected chi connectivity index (χ2v) is 7.27. The summed E-state index contributed by atoms with van der Waals surface area (Å²) in [5, 5.41) is 7.61. The van der Waals surface area contributed by atoms with E-state index in [1.807, 2.05) is 0 Å². The van der Waals surface area contributed by atoms with Crippen LogP contribution in [0.4, 0.5) is 4.39 Å². The van der Waals surface area contributed by atoms with Crippen LogP contribution in [0, 0.1) is 12.7 Å². The van der Waals surface area contributed by atoms with Crippen LogP contribution < -0.4 is 10.9 Å². The van der Waals surface area contributed by atoms with E-state index in [-0.39, 0.29) is 24.2 Å². The average Bonchev–Trinajstić information content (AvgIpc) is 3.26. The summed E-state index contributed by atoms with van der Waals surface area (Å²) in [7, 11) is 0. The molecule has 9 heteroatoms. The van der Waals surface area contributed by atoms with Crippen molar-refractivity contribution in [2.24, 2.45) is 0 Å².